The van der Waals surface area contributed by atoms with Crippen molar-refractivity contribution in [2.75, 3.05) is 6.61 Å². The summed E-state index contributed by atoms with van der Waals surface area (Å²) in [5, 5.41) is 9.07. The molecular weight excluding hydrogens is 196 g/mol. The lowest BCUT2D eigenvalue weighted by Gasteiger charge is -2.48. The van der Waals surface area contributed by atoms with E-state index < -0.39 is 0 Å². The number of rotatable bonds is 2. The van der Waals surface area contributed by atoms with Crippen LogP contribution < -0.4 is 0 Å². The van der Waals surface area contributed by atoms with E-state index in [0.717, 1.165) is 6.42 Å². The molecule has 1 nitrogen and oxygen atoms in total. The summed E-state index contributed by atoms with van der Waals surface area (Å²) >= 11 is 0. The van der Waals surface area contributed by atoms with Crippen molar-refractivity contribution >= 4 is 0 Å². The van der Waals surface area contributed by atoms with Crippen LogP contribution in [-0.4, -0.2) is 11.7 Å². The van der Waals surface area contributed by atoms with Gasteiger partial charge < -0.3 is 5.11 Å². The van der Waals surface area contributed by atoms with E-state index in [1.807, 2.05) is 6.08 Å². The van der Waals surface area contributed by atoms with Crippen LogP contribution in [0.2, 0.25) is 0 Å². The first-order valence-electron chi connectivity index (χ1n) is 6.16. The first kappa shape index (κ1) is 13.5. The smallest absolute Gasteiger partial charge is 0.0615 e. The predicted molar refractivity (Wildman–Crippen MR) is 70.3 cm³/mol. The predicted octanol–water partition coefficient (Wildman–Crippen LogP) is 3.94. The van der Waals surface area contributed by atoms with Crippen LogP contribution >= 0.6 is 0 Å². The van der Waals surface area contributed by atoms with Crippen molar-refractivity contribution in [2.24, 2.45) is 16.7 Å². The molecule has 1 rings (SSSR count). The van der Waals surface area contributed by atoms with Crippen molar-refractivity contribution in [3.8, 4) is 0 Å². The number of aliphatic hydroxyl groups excluding tert-OH is 1. The van der Waals surface area contributed by atoms with Gasteiger partial charge in [-0.3, -0.25) is 0 Å². The van der Waals surface area contributed by atoms with Gasteiger partial charge in [-0.25, -0.2) is 0 Å². The molecule has 1 N–H and O–H groups in total. The molecule has 1 unspecified atom stereocenters. The molecule has 0 aromatic rings. The van der Waals surface area contributed by atoms with Crippen LogP contribution in [0.3, 0.4) is 0 Å². The summed E-state index contributed by atoms with van der Waals surface area (Å²) in [5.41, 5.74) is 3.27. The molecule has 92 valence electrons. The average Bonchev–Trinajstić information content (AvgIpc) is 1.96. The van der Waals surface area contributed by atoms with Crippen LogP contribution in [0.5, 0.6) is 0 Å². The van der Waals surface area contributed by atoms with Gasteiger partial charge >= 0.3 is 0 Å². The fraction of sp³-hybridized carbons (Fsp3) is 0.733. The third kappa shape index (κ3) is 2.57. The molecule has 1 atom stereocenters. The maximum Gasteiger partial charge on any atom is 0.0615 e. The van der Waals surface area contributed by atoms with Crippen molar-refractivity contribution in [3.63, 3.8) is 0 Å². The molecule has 1 aliphatic carbocycles. The SMILES string of the molecule is CC1=CC(C)(C)C(C(C)=CCO)C(C)(C)C1. The fourth-order valence-corrected chi connectivity index (χ4v) is 4.06. The van der Waals surface area contributed by atoms with Crippen LogP contribution in [0.1, 0.15) is 48.0 Å². The Kier molecular flexibility index (Phi) is 3.69. The van der Waals surface area contributed by atoms with Gasteiger partial charge in [0.15, 0.2) is 0 Å². The Labute approximate surface area is 100 Å². The van der Waals surface area contributed by atoms with Gasteiger partial charge in [-0.05, 0) is 37.0 Å². The third-order valence-corrected chi connectivity index (χ3v) is 3.75. The molecule has 0 spiro atoms. The first-order valence-corrected chi connectivity index (χ1v) is 6.16. The second-order valence-electron chi connectivity index (χ2n) is 6.54. The summed E-state index contributed by atoms with van der Waals surface area (Å²) in [6.07, 6.45) is 5.51. The van der Waals surface area contributed by atoms with Gasteiger partial charge in [-0.2, -0.15) is 0 Å². The van der Waals surface area contributed by atoms with Crippen molar-refractivity contribution in [2.45, 2.75) is 48.0 Å². The van der Waals surface area contributed by atoms with E-state index in [1.54, 1.807) is 0 Å². The second kappa shape index (κ2) is 4.37. The van der Waals surface area contributed by atoms with Crippen molar-refractivity contribution in [1.29, 1.82) is 0 Å². The van der Waals surface area contributed by atoms with E-state index in [1.165, 1.54) is 11.1 Å². The third-order valence-electron chi connectivity index (χ3n) is 3.75. The molecular formula is C15H26O. The Morgan fingerprint density at radius 1 is 1.44 bits per heavy atom. The van der Waals surface area contributed by atoms with Gasteiger partial charge in [0.05, 0.1) is 6.61 Å². The molecule has 0 saturated carbocycles. The molecule has 0 saturated heterocycles. The fourth-order valence-electron chi connectivity index (χ4n) is 4.06. The van der Waals surface area contributed by atoms with E-state index in [-0.39, 0.29) is 17.4 Å². The molecule has 0 radical (unpaired) electrons. The molecule has 16 heavy (non-hydrogen) atoms. The Bertz CT molecular complexity index is 318. The van der Waals surface area contributed by atoms with E-state index in [2.05, 4.69) is 47.6 Å². The van der Waals surface area contributed by atoms with E-state index in [9.17, 15) is 0 Å². The zero-order chi connectivity index (χ0) is 12.6. The normalized spacial score (nSPS) is 28.8. The Morgan fingerprint density at radius 3 is 2.44 bits per heavy atom. The highest BCUT2D eigenvalue weighted by Crippen LogP contribution is 2.52. The molecule has 0 fully saturated rings. The summed E-state index contributed by atoms with van der Waals surface area (Å²) < 4.78 is 0. The van der Waals surface area contributed by atoms with Gasteiger partial charge in [-0.15, -0.1) is 0 Å². The van der Waals surface area contributed by atoms with E-state index >= 15 is 0 Å². The number of aliphatic hydroxyl groups is 1. The van der Waals surface area contributed by atoms with Crippen LogP contribution in [0.25, 0.3) is 0 Å². The quantitative estimate of drug-likeness (QED) is 0.702. The van der Waals surface area contributed by atoms with Crippen molar-refractivity contribution in [3.05, 3.63) is 23.3 Å². The largest absolute Gasteiger partial charge is 0.392 e. The van der Waals surface area contributed by atoms with Crippen molar-refractivity contribution in [1.82, 2.24) is 0 Å². The average molecular weight is 222 g/mol. The molecule has 1 aliphatic rings. The van der Waals surface area contributed by atoms with Gasteiger partial charge in [0.2, 0.25) is 0 Å². The highest BCUT2D eigenvalue weighted by Gasteiger charge is 2.43. The highest BCUT2D eigenvalue weighted by atomic mass is 16.2. The Morgan fingerprint density at radius 2 is 2.00 bits per heavy atom. The van der Waals surface area contributed by atoms with Crippen LogP contribution in [0.4, 0.5) is 0 Å². The summed E-state index contributed by atoms with van der Waals surface area (Å²) in [5.74, 6) is 0.510. The maximum absolute atomic E-state index is 9.07. The lowest BCUT2D eigenvalue weighted by atomic mass is 9.56. The number of allylic oxidation sites excluding steroid dienone is 3. The maximum atomic E-state index is 9.07. The molecule has 1 heteroatoms. The molecule has 0 bridgehead atoms. The minimum absolute atomic E-state index is 0.150. The standard InChI is InChI=1S/C15H26O/c1-11-9-14(3,4)13(12(2)7-8-16)15(5,6)10-11/h7,9,13,16H,8,10H2,1-6H3. The van der Waals surface area contributed by atoms with E-state index in [4.69, 9.17) is 5.11 Å². The molecule has 0 heterocycles. The van der Waals surface area contributed by atoms with Crippen LogP contribution in [0.15, 0.2) is 23.3 Å². The lowest BCUT2D eigenvalue weighted by Crippen LogP contribution is -2.39. The van der Waals surface area contributed by atoms with Gasteiger partial charge in [0.1, 0.15) is 0 Å². The highest BCUT2D eigenvalue weighted by molar-refractivity contribution is 5.24. The summed E-state index contributed by atoms with van der Waals surface area (Å²) in [6, 6.07) is 0. The second-order valence-corrected chi connectivity index (χ2v) is 6.54. The Balaban J connectivity index is 3.18. The van der Waals surface area contributed by atoms with E-state index in [0.29, 0.717) is 5.92 Å². The van der Waals surface area contributed by atoms with Gasteiger partial charge in [-0.1, -0.05) is 51.0 Å². The van der Waals surface area contributed by atoms with Gasteiger partial charge in [0.25, 0.3) is 0 Å². The Hall–Kier alpha value is -0.560. The number of hydrogen-bond acceptors (Lipinski definition) is 1. The summed E-state index contributed by atoms with van der Waals surface area (Å²) in [7, 11) is 0. The lowest BCUT2D eigenvalue weighted by molar-refractivity contribution is 0.123. The number of hydrogen-bond donors (Lipinski definition) is 1. The molecule has 0 aromatic heterocycles. The topological polar surface area (TPSA) is 20.2 Å². The first-order chi connectivity index (χ1) is 7.20. The summed E-state index contributed by atoms with van der Waals surface area (Å²) in [6.45, 7) is 13.8. The van der Waals surface area contributed by atoms with Crippen molar-refractivity contribution < 1.29 is 5.11 Å². The van der Waals surface area contributed by atoms with Gasteiger partial charge in [0, 0.05) is 0 Å². The minimum Gasteiger partial charge on any atom is -0.392 e. The zero-order valence-electron chi connectivity index (χ0n) is 11.6. The van der Waals surface area contributed by atoms with Crippen LogP contribution in [0, 0.1) is 16.7 Å². The summed E-state index contributed by atoms with van der Waals surface area (Å²) in [4.78, 5) is 0. The molecule has 0 aromatic carbocycles. The molecule has 0 aliphatic heterocycles. The monoisotopic (exact) mass is 222 g/mol. The molecule has 0 amide bonds. The van der Waals surface area contributed by atoms with Crippen LogP contribution in [-0.2, 0) is 0 Å². The minimum atomic E-state index is 0.150. The zero-order valence-corrected chi connectivity index (χ0v) is 11.6.